The molecule has 1 atom stereocenters. The van der Waals surface area contributed by atoms with E-state index < -0.39 is 21.9 Å². The molecule has 36 heavy (non-hydrogen) atoms. The number of halogens is 1. The number of carbonyl (C=O) groups excluding carboxylic acids is 1. The number of aromatic nitrogens is 1. The summed E-state index contributed by atoms with van der Waals surface area (Å²) in [7, 11) is -2.37. The monoisotopic (exact) mass is 534 g/mol. The van der Waals surface area contributed by atoms with Crippen LogP contribution in [-0.2, 0) is 14.8 Å². The molecule has 4 rings (SSSR count). The van der Waals surface area contributed by atoms with Gasteiger partial charge in [0, 0.05) is 19.6 Å². The van der Waals surface area contributed by atoms with Crippen LogP contribution in [0.1, 0.15) is 26.7 Å². The van der Waals surface area contributed by atoms with Gasteiger partial charge in [-0.15, -0.1) is 0 Å². The molecule has 0 saturated carbocycles. The fourth-order valence-corrected chi connectivity index (χ4v) is 7.09. The summed E-state index contributed by atoms with van der Waals surface area (Å²) >= 11 is 1.38. The molecule has 0 radical (unpaired) electrons. The molecule has 2 heterocycles. The first-order valence-electron chi connectivity index (χ1n) is 12.0. The van der Waals surface area contributed by atoms with E-state index in [2.05, 4.69) is 18.7 Å². The summed E-state index contributed by atoms with van der Waals surface area (Å²) in [6.45, 7) is 7.06. The van der Waals surface area contributed by atoms with Crippen molar-refractivity contribution in [1.82, 2.24) is 14.2 Å². The van der Waals surface area contributed by atoms with Crippen molar-refractivity contribution in [2.75, 3.05) is 44.7 Å². The first kappa shape index (κ1) is 26.5. The van der Waals surface area contributed by atoms with E-state index >= 15 is 0 Å². The number of rotatable bonds is 10. The topological polar surface area (TPSA) is 83.0 Å². The zero-order valence-electron chi connectivity index (χ0n) is 20.7. The van der Waals surface area contributed by atoms with Crippen LogP contribution in [0.4, 0.5) is 9.52 Å². The van der Waals surface area contributed by atoms with E-state index in [4.69, 9.17) is 9.72 Å². The molecule has 0 aliphatic carbocycles. The fourth-order valence-electron chi connectivity index (χ4n) is 4.41. The smallest absolute Gasteiger partial charge is 0.247 e. The van der Waals surface area contributed by atoms with Gasteiger partial charge < -0.3 is 9.64 Å². The third kappa shape index (κ3) is 5.39. The minimum absolute atomic E-state index is 0.0228. The van der Waals surface area contributed by atoms with Crippen LogP contribution in [-0.4, -0.2) is 74.4 Å². The fraction of sp³-hybridized carbons (Fsp3) is 0.440. The maximum atomic E-state index is 14.0. The minimum atomic E-state index is -3.96. The van der Waals surface area contributed by atoms with Gasteiger partial charge in [-0.05, 0) is 68.4 Å². The van der Waals surface area contributed by atoms with Crippen molar-refractivity contribution in [3.8, 4) is 5.75 Å². The first-order valence-corrected chi connectivity index (χ1v) is 14.3. The number of methoxy groups -OCH3 is 1. The number of likely N-dealkylation sites (N-methyl/N-ethyl adjacent to an activating group) is 1. The van der Waals surface area contributed by atoms with Crippen molar-refractivity contribution in [3.63, 3.8) is 0 Å². The Kier molecular flexibility index (Phi) is 8.23. The van der Waals surface area contributed by atoms with Crippen LogP contribution in [0.15, 0.2) is 47.4 Å². The Bertz CT molecular complexity index is 1310. The van der Waals surface area contributed by atoms with Gasteiger partial charge in [-0.2, -0.15) is 4.31 Å². The van der Waals surface area contributed by atoms with E-state index in [0.717, 1.165) is 35.4 Å². The molecular formula is C25H31FN4O4S2. The highest BCUT2D eigenvalue weighted by molar-refractivity contribution is 7.89. The molecule has 0 N–H and O–H groups in total. The molecule has 1 unspecified atom stereocenters. The Morgan fingerprint density at radius 3 is 2.56 bits per heavy atom. The Balaban J connectivity index is 1.67. The second-order valence-corrected chi connectivity index (χ2v) is 11.5. The lowest BCUT2D eigenvalue weighted by molar-refractivity contribution is -0.121. The Morgan fingerprint density at radius 2 is 1.89 bits per heavy atom. The van der Waals surface area contributed by atoms with E-state index in [0.29, 0.717) is 36.8 Å². The van der Waals surface area contributed by atoms with Gasteiger partial charge >= 0.3 is 0 Å². The van der Waals surface area contributed by atoms with Gasteiger partial charge in [-0.1, -0.05) is 25.2 Å². The SMILES string of the molecule is CCN(CC)CCN(C(=O)C1CCCN1S(=O)(=O)c1ccc(F)cc1)c1nc2ccc(OC)cc2s1. The molecule has 1 amide bonds. The Hall–Kier alpha value is -2.60. The van der Waals surface area contributed by atoms with Crippen molar-refractivity contribution < 1.29 is 22.3 Å². The highest BCUT2D eigenvalue weighted by Gasteiger charge is 2.42. The second-order valence-electron chi connectivity index (χ2n) is 8.57. The molecule has 1 aliphatic rings. The summed E-state index contributed by atoms with van der Waals surface area (Å²) in [6, 6.07) is 9.41. The van der Waals surface area contributed by atoms with Crippen LogP contribution < -0.4 is 9.64 Å². The largest absolute Gasteiger partial charge is 0.497 e. The maximum Gasteiger partial charge on any atom is 0.247 e. The Labute approximate surface area is 215 Å². The first-order chi connectivity index (χ1) is 17.3. The summed E-state index contributed by atoms with van der Waals surface area (Å²) in [5.41, 5.74) is 0.749. The molecule has 1 fully saturated rings. The molecule has 194 valence electrons. The third-order valence-corrected chi connectivity index (χ3v) is 9.49. The molecule has 3 aromatic rings. The van der Waals surface area contributed by atoms with Crippen molar-refractivity contribution in [3.05, 3.63) is 48.3 Å². The summed E-state index contributed by atoms with van der Waals surface area (Å²) in [5, 5.41) is 0.529. The lowest BCUT2D eigenvalue weighted by Gasteiger charge is -2.30. The molecule has 1 aromatic heterocycles. The van der Waals surface area contributed by atoms with Crippen LogP contribution in [0.5, 0.6) is 5.75 Å². The number of amides is 1. The molecule has 1 aliphatic heterocycles. The van der Waals surface area contributed by atoms with Crippen molar-refractivity contribution in [1.29, 1.82) is 0 Å². The number of ether oxygens (including phenoxy) is 1. The number of nitrogens with zero attached hydrogens (tertiary/aromatic N) is 4. The summed E-state index contributed by atoms with van der Waals surface area (Å²) in [4.78, 5) is 22.5. The van der Waals surface area contributed by atoms with Gasteiger partial charge in [-0.25, -0.2) is 17.8 Å². The highest BCUT2D eigenvalue weighted by Crippen LogP contribution is 2.34. The van der Waals surface area contributed by atoms with Gasteiger partial charge in [0.15, 0.2) is 5.13 Å². The summed E-state index contributed by atoms with van der Waals surface area (Å²) in [5.74, 6) is -0.111. The quantitative estimate of drug-likeness (QED) is 0.392. The zero-order valence-corrected chi connectivity index (χ0v) is 22.3. The second kappa shape index (κ2) is 11.2. The van der Waals surface area contributed by atoms with Gasteiger partial charge in [-0.3, -0.25) is 9.69 Å². The van der Waals surface area contributed by atoms with Crippen LogP contribution in [0.3, 0.4) is 0 Å². The van der Waals surface area contributed by atoms with Gasteiger partial charge in [0.1, 0.15) is 17.6 Å². The van der Waals surface area contributed by atoms with E-state index in [1.54, 1.807) is 12.0 Å². The standard InChI is InChI=1S/C25H31FN4O4S2/c1-4-28(5-2)15-16-29(25-27-21-13-10-19(34-3)17-23(21)35-25)24(31)22-7-6-14-30(22)36(32,33)20-11-8-18(26)9-12-20/h8-13,17,22H,4-7,14-16H2,1-3H3. The van der Waals surface area contributed by atoms with Gasteiger partial charge in [0.05, 0.1) is 22.2 Å². The number of benzene rings is 2. The zero-order chi connectivity index (χ0) is 25.9. The van der Waals surface area contributed by atoms with Crippen LogP contribution in [0, 0.1) is 5.82 Å². The average molecular weight is 535 g/mol. The van der Waals surface area contributed by atoms with Crippen LogP contribution in [0.2, 0.25) is 0 Å². The third-order valence-electron chi connectivity index (χ3n) is 6.52. The molecule has 11 heteroatoms. The molecule has 2 aromatic carbocycles. The number of sulfonamides is 1. The number of fused-ring (bicyclic) bond motifs is 1. The predicted molar refractivity (Wildman–Crippen MR) is 140 cm³/mol. The molecular weight excluding hydrogens is 503 g/mol. The maximum absolute atomic E-state index is 14.0. The van der Waals surface area contributed by atoms with E-state index in [1.807, 2.05) is 18.2 Å². The highest BCUT2D eigenvalue weighted by atomic mass is 32.2. The summed E-state index contributed by atoms with van der Waals surface area (Å²) < 4.78 is 47.6. The number of hydrogen-bond donors (Lipinski definition) is 0. The average Bonchev–Trinajstić information content (AvgIpc) is 3.54. The molecule has 8 nitrogen and oxygen atoms in total. The minimum Gasteiger partial charge on any atom is -0.497 e. The number of hydrogen-bond acceptors (Lipinski definition) is 7. The summed E-state index contributed by atoms with van der Waals surface area (Å²) in [6.07, 6.45) is 0.984. The van der Waals surface area contributed by atoms with E-state index in [1.165, 1.54) is 27.8 Å². The van der Waals surface area contributed by atoms with Gasteiger partial charge in [0.25, 0.3) is 0 Å². The normalized spacial score (nSPS) is 16.6. The van der Waals surface area contributed by atoms with Crippen molar-refractivity contribution in [2.24, 2.45) is 0 Å². The lowest BCUT2D eigenvalue weighted by atomic mass is 10.2. The van der Waals surface area contributed by atoms with E-state index in [9.17, 15) is 17.6 Å². The van der Waals surface area contributed by atoms with Gasteiger partial charge in [0.2, 0.25) is 15.9 Å². The number of anilines is 1. The molecule has 1 saturated heterocycles. The number of thiazole rings is 1. The molecule has 0 bridgehead atoms. The van der Waals surface area contributed by atoms with Crippen LogP contribution in [0.25, 0.3) is 10.2 Å². The van der Waals surface area contributed by atoms with Crippen molar-refractivity contribution in [2.45, 2.75) is 37.6 Å². The predicted octanol–water partition coefficient (Wildman–Crippen LogP) is 3.97. The van der Waals surface area contributed by atoms with Crippen molar-refractivity contribution >= 4 is 42.6 Å². The lowest BCUT2D eigenvalue weighted by Crippen LogP contribution is -2.49. The number of carbonyl (C=O) groups is 1. The van der Waals surface area contributed by atoms with E-state index in [-0.39, 0.29) is 17.3 Å². The van der Waals surface area contributed by atoms with Crippen LogP contribution >= 0.6 is 11.3 Å². The molecule has 0 spiro atoms. The Morgan fingerprint density at radius 1 is 1.17 bits per heavy atom.